The fraction of sp³-hybridized carbons (Fsp3) is 0.286. The molecule has 176 valence electrons. The average molecular weight is 486 g/mol. The highest BCUT2D eigenvalue weighted by Gasteiger charge is 2.31. The highest BCUT2D eigenvalue weighted by atomic mass is 32.2. The Kier molecular flexibility index (Phi) is 6.16. The second-order valence-corrected chi connectivity index (χ2v) is 9.21. The number of amides is 1. The van der Waals surface area contributed by atoms with E-state index in [1.54, 1.807) is 6.07 Å². The molecule has 3 aromatic rings. The number of halogens is 4. The van der Waals surface area contributed by atoms with E-state index < -0.39 is 55.7 Å². The number of nitrogens with zero attached hydrogens (tertiary/aromatic N) is 1. The molecule has 0 aliphatic carbocycles. The third-order valence-corrected chi connectivity index (χ3v) is 7.31. The molecule has 1 aromatic heterocycles. The molecule has 0 bridgehead atoms. The standard InChI is InChI=1S/C21H18F4N2O5S/c1-11-14(15-16(22)17(23)18(24)19(25)20(15)32-11)21(28)26-10-12-4-2-3-5-13(12)33(29,30)27-6-8-31-9-7-27/h2-5H,6-10H2,1H3,(H,26,28). The van der Waals surface area contributed by atoms with Gasteiger partial charge in [0.1, 0.15) is 5.76 Å². The zero-order valence-corrected chi connectivity index (χ0v) is 18.1. The summed E-state index contributed by atoms with van der Waals surface area (Å²) in [6.07, 6.45) is 0. The molecule has 2 heterocycles. The van der Waals surface area contributed by atoms with Crippen LogP contribution in [-0.4, -0.2) is 44.9 Å². The summed E-state index contributed by atoms with van der Waals surface area (Å²) in [4.78, 5) is 12.7. The number of carbonyl (C=O) groups is 1. The number of morpholine rings is 1. The van der Waals surface area contributed by atoms with Crippen LogP contribution in [0.15, 0.2) is 33.6 Å². The van der Waals surface area contributed by atoms with Crippen LogP contribution in [0.4, 0.5) is 17.6 Å². The lowest BCUT2D eigenvalue weighted by Gasteiger charge is -2.27. The summed E-state index contributed by atoms with van der Waals surface area (Å²) in [6, 6.07) is 5.98. The van der Waals surface area contributed by atoms with Crippen molar-refractivity contribution in [3.05, 3.63) is 64.4 Å². The Morgan fingerprint density at radius 3 is 2.36 bits per heavy atom. The summed E-state index contributed by atoms with van der Waals surface area (Å²) in [7, 11) is -3.88. The van der Waals surface area contributed by atoms with Gasteiger partial charge in [-0.15, -0.1) is 0 Å². The lowest BCUT2D eigenvalue weighted by atomic mass is 10.1. The van der Waals surface area contributed by atoms with Crippen LogP contribution in [-0.2, 0) is 21.3 Å². The highest BCUT2D eigenvalue weighted by Crippen LogP contribution is 2.33. The van der Waals surface area contributed by atoms with Gasteiger partial charge >= 0.3 is 0 Å². The lowest BCUT2D eigenvalue weighted by molar-refractivity contribution is 0.0730. The topological polar surface area (TPSA) is 88.8 Å². The predicted molar refractivity (Wildman–Crippen MR) is 108 cm³/mol. The molecule has 1 N–H and O–H groups in total. The highest BCUT2D eigenvalue weighted by molar-refractivity contribution is 7.89. The first-order valence-corrected chi connectivity index (χ1v) is 11.3. The van der Waals surface area contributed by atoms with Gasteiger partial charge in [-0.3, -0.25) is 4.79 Å². The summed E-state index contributed by atoms with van der Waals surface area (Å²) in [6.45, 7) is 1.78. The molecule has 1 fully saturated rings. The van der Waals surface area contributed by atoms with E-state index in [0.717, 1.165) is 0 Å². The summed E-state index contributed by atoms with van der Waals surface area (Å²) in [5.74, 6) is -8.89. The molecule has 2 aromatic carbocycles. The van der Waals surface area contributed by atoms with Gasteiger partial charge in [0.2, 0.25) is 21.7 Å². The number of sulfonamides is 1. The third-order valence-electron chi connectivity index (χ3n) is 5.31. The van der Waals surface area contributed by atoms with Crippen molar-refractivity contribution in [1.29, 1.82) is 0 Å². The van der Waals surface area contributed by atoms with Gasteiger partial charge < -0.3 is 14.5 Å². The fourth-order valence-corrected chi connectivity index (χ4v) is 5.31. The Bertz CT molecular complexity index is 1350. The number of benzene rings is 2. The Labute approximate surface area is 186 Å². The summed E-state index contributed by atoms with van der Waals surface area (Å²) in [5, 5.41) is 1.58. The minimum Gasteiger partial charge on any atom is -0.457 e. The molecule has 0 radical (unpaired) electrons. The normalized spacial score (nSPS) is 15.2. The number of hydrogen-bond donors (Lipinski definition) is 1. The summed E-state index contributed by atoms with van der Waals surface area (Å²) in [5.41, 5.74) is -1.20. The molecule has 1 aliphatic heterocycles. The van der Waals surface area contributed by atoms with Gasteiger partial charge in [-0.05, 0) is 18.6 Å². The van der Waals surface area contributed by atoms with Gasteiger partial charge in [-0.1, -0.05) is 18.2 Å². The van der Waals surface area contributed by atoms with E-state index in [0.29, 0.717) is 0 Å². The van der Waals surface area contributed by atoms with Crippen LogP contribution < -0.4 is 5.32 Å². The maximum atomic E-state index is 14.3. The van der Waals surface area contributed by atoms with E-state index in [1.807, 2.05) is 0 Å². The Morgan fingerprint density at radius 2 is 1.67 bits per heavy atom. The van der Waals surface area contributed by atoms with E-state index in [4.69, 9.17) is 9.15 Å². The molecule has 0 atom stereocenters. The lowest BCUT2D eigenvalue weighted by Crippen LogP contribution is -2.41. The maximum absolute atomic E-state index is 14.3. The second-order valence-electron chi connectivity index (χ2n) is 7.30. The van der Waals surface area contributed by atoms with Crippen LogP contribution >= 0.6 is 0 Å². The number of fused-ring (bicyclic) bond motifs is 1. The molecule has 0 saturated carbocycles. The predicted octanol–water partition coefficient (Wildman–Crippen LogP) is 3.25. The van der Waals surface area contributed by atoms with E-state index in [2.05, 4.69) is 5.32 Å². The maximum Gasteiger partial charge on any atom is 0.255 e. The Hall–Kier alpha value is -2.96. The number of furan rings is 1. The van der Waals surface area contributed by atoms with Crippen LogP contribution in [0.1, 0.15) is 21.7 Å². The van der Waals surface area contributed by atoms with Crippen molar-refractivity contribution in [1.82, 2.24) is 9.62 Å². The van der Waals surface area contributed by atoms with Gasteiger partial charge in [-0.2, -0.15) is 8.70 Å². The van der Waals surface area contributed by atoms with Crippen LogP contribution in [0.2, 0.25) is 0 Å². The van der Waals surface area contributed by atoms with Gasteiger partial charge in [0, 0.05) is 19.6 Å². The number of hydrogen-bond acceptors (Lipinski definition) is 5. The monoisotopic (exact) mass is 486 g/mol. The number of nitrogens with one attached hydrogen (secondary N) is 1. The molecule has 0 spiro atoms. The average Bonchev–Trinajstić information content (AvgIpc) is 3.17. The Morgan fingerprint density at radius 1 is 1.03 bits per heavy atom. The van der Waals surface area contributed by atoms with E-state index in [-0.39, 0.29) is 49.1 Å². The van der Waals surface area contributed by atoms with E-state index in [9.17, 15) is 30.8 Å². The molecule has 4 rings (SSSR count). The molecule has 7 nitrogen and oxygen atoms in total. The van der Waals surface area contributed by atoms with E-state index >= 15 is 0 Å². The molecule has 0 unspecified atom stereocenters. The SMILES string of the molecule is Cc1oc2c(F)c(F)c(F)c(F)c2c1C(=O)NCc1ccccc1S(=O)(=O)N1CCOCC1. The minimum absolute atomic E-state index is 0.0358. The van der Waals surface area contributed by atoms with Crippen molar-refractivity contribution in [2.45, 2.75) is 18.4 Å². The van der Waals surface area contributed by atoms with E-state index in [1.165, 1.54) is 29.4 Å². The van der Waals surface area contributed by atoms with Gasteiger partial charge in [-0.25, -0.2) is 21.6 Å². The quantitative estimate of drug-likeness (QED) is 0.340. The first-order valence-electron chi connectivity index (χ1n) is 9.83. The van der Waals surface area contributed by atoms with Crippen molar-refractivity contribution in [3.8, 4) is 0 Å². The molecule has 12 heteroatoms. The van der Waals surface area contributed by atoms with Gasteiger partial charge in [0.15, 0.2) is 17.2 Å². The molecular formula is C21H18F4N2O5S. The second kappa shape index (κ2) is 8.76. The fourth-order valence-electron chi connectivity index (χ4n) is 3.68. The number of ether oxygens (including phenoxy) is 1. The smallest absolute Gasteiger partial charge is 0.255 e. The molecule has 1 amide bonds. The molecule has 1 aliphatic rings. The third kappa shape index (κ3) is 3.98. The number of rotatable bonds is 5. The molecule has 33 heavy (non-hydrogen) atoms. The summed E-state index contributed by atoms with van der Waals surface area (Å²) < 4.78 is 93.1. The minimum atomic E-state index is -3.88. The zero-order chi connectivity index (χ0) is 23.9. The van der Waals surface area contributed by atoms with Crippen molar-refractivity contribution in [2.24, 2.45) is 0 Å². The first kappa shape index (κ1) is 23.2. The van der Waals surface area contributed by atoms with Gasteiger partial charge in [0.25, 0.3) is 5.91 Å². The first-order chi connectivity index (χ1) is 15.6. The van der Waals surface area contributed by atoms with Crippen molar-refractivity contribution >= 4 is 26.9 Å². The largest absolute Gasteiger partial charge is 0.457 e. The van der Waals surface area contributed by atoms with Crippen molar-refractivity contribution < 1.29 is 39.9 Å². The van der Waals surface area contributed by atoms with Crippen LogP contribution in [0, 0.1) is 30.2 Å². The van der Waals surface area contributed by atoms with Crippen LogP contribution in [0.25, 0.3) is 11.0 Å². The van der Waals surface area contributed by atoms with Crippen molar-refractivity contribution in [3.63, 3.8) is 0 Å². The summed E-state index contributed by atoms with van der Waals surface area (Å²) >= 11 is 0. The van der Waals surface area contributed by atoms with Gasteiger partial charge in [0.05, 0.1) is 29.1 Å². The number of carbonyl (C=O) groups excluding carboxylic acids is 1. The number of aryl methyl sites for hydroxylation is 1. The van der Waals surface area contributed by atoms with Crippen LogP contribution in [0.5, 0.6) is 0 Å². The molecular weight excluding hydrogens is 468 g/mol. The Balaban J connectivity index is 1.65. The zero-order valence-electron chi connectivity index (χ0n) is 17.3. The molecule has 1 saturated heterocycles. The van der Waals surface area contributed by atoms with Crippen LogP contribution in [0.3, 0.4) is 0 Å². The van der Waals surface area contributed by atoms with Crippen molar-refractivity contribution in [2.75, 3.05) is 26.3 Å².